The molecule has 6 nitrogen and oxygen atoms in total. The van der Waals surface area contributed by atoms with Gasteiger partial charge in [0.1, 0.15) is 5.39 Å². The van der Waals surface area contributed by atoms with Crippen molar-refractivity contribution in [3.63, 3.8) is 0 Å². The number of fused-ring (bicyclic) bond motifs is 1. The van der Waals surface area contributed by atoms with Crippen LogP contribution in [-0.2, 0) is 6.54 Å². The molecule has 0 aliphatic rings. The summed E-state index contributed by atoms with van der Waals surface area (Å²) < 4.78 is 1.41. The third kappa shape index (κ3) is 1.97. The molecule has 3 N–H and O–H groups in total. The Bertz CT molecular complexity index is 881. The van der Waals surface area contributed by atoms with E-state index >= 15 is 0 Å². The lowest BCUT2D eigenvalue weighted by Gasteiger charge is -2.09. The van der Waals surface area contributed by atoms with E-state index in [0.29, 0.717) is 17.9 Å². The molecular weight excluding hydrogens is 256 g/mol. The van der Waals surface area contributed by atoms with Crippen molar-refractivity contribution in [2.45, 2.75) is 6.54 Å². The Hall–Kier alpha value is -2.89. The maximum absolute atomic E-state index is 12.0. The summed E-state index contributed by atoms with van der Waals surface area (Å²) in [5.41, 5.74) is 6.32. The average Bonchev–Trinajstić information content (AvgIpc) is 2.44. The van der Waals surface area contributed by atoms with Gasteiger partial charge in [0, 0.05) is 11.9 Å². The molecule has 0 fully saturated rings. The van der Waals surface area contributed by atoms with Gasteiger partial charge in [0.15, 0.2) is 5.65 Å². The van der Waals surface area contributed by atoms with E-state index in [1.54, 1.807) is 0 Å². The molecule has 0 radical (unpaired) electrons. The number of benzene rings is 1. The van der Waals surface area contributed by atoms with Gasteiger partial charge in [-0.3, -0.25) is 14.3 Å². The first-order valence-electron chi connectivity index (χ1n) is 6.08. The van der Waals surface area contributed by atoms with Crippen LogP contribution in [0.4, 0.5) is 5.69 Å². The SMILES string of the molecule is Nc1ccnc2c1c(=O)[nH]c(=O)n2Cc1ccccc1. The minimum absolute atomic E-state index is 0.239. The van der Waals surface area contributed by atoms with Gasteiger partial charge < -0.3 is 5.73 Å². The van der Waals surface area contributed by atoms with Crippen LogP contribution < -0.4 is 17.0 Å². The van der Waals surface area contributed by atoms with Crippen molar-refractivity contribution in [1.29, 1.82) is 0 Å². The summed E-state index contributed by atoms with van der Waals surface area (Å²) >= 11 is 0. The Labute approximate surface area is 113 Å². The second-order valence-electron chi connectivity index (χ2n) is 4.43. The molecule has 2 aromatic heterocycles. The van der Waals surface area contributed by atoms with Gasteiger partial charge in [-0.1, -0.05) is 30.3 Å². The highest BCUT2D eigenvalue weighted by Crippen LogP contribution is 2.13. The van der Waals surface area contributed by atoms with Gasteiger partial charge in [0.25, 0.3) is 5.56 Å². The predicted molar refractivity (Wildman–Crippen MR) is 76.6 cm³/mol. The summed E-state index contributed by atoms with van der Waals surface area (Å²) in [5, 5.41) is 0.239. The summed E-state index contributed by atoms with van der Waals surface area (Å²) in [6.07, 6.45) is 1.48. The molecule has 0 saturated heterocycles. The first kappa shape index (κ1) is 12.2. The highest BCUT2D eigenvalue weighted by Gasteiger charge is 2.11. The van der Waals surface area contributed by atoms with Gasteiger partial charge in [-0.25, -0.2) is 9.78 Å². The summed E-state index contributed by atoms with van der Waals surface area (Å²) in [7, 11) is 0. The number of H-pyrrole nitrogens is 1. The number of aromatic nitrogens is 3. The molecule has 0 aliphatic heterocycles. The summed E-state index contributed by atoms with van der Waals surface area (Å²) in [6.45, 7) is 0.323. The quantitative estimate of drug-likeness (QED) is 0.716. The third-order valence-corrected chi connectivity index (χ3v) is 3.10. The van der Waals surface area contributed by atoms with Crippen LogP contribution in [0.3, 0.4) is 0 Å². The van der Waals surface area contributed by atoms with Gasteiger partial charge in [0.2, 0.25) is 0 Å². The lowest BCUT2D eigenvalue weighted by Crippen LogP contribution is -2.31. The number of nitrogen functional groups attached to an aromatic ring is 1. The Morgan fingerprint density at radius 1 is 1.15 bits per heavy atom. The van der Waals surface area contributed by atoms with Crippen LogP contribution in [0.1, 0.15) is 5.56 Å². The molecule has 20 heavy (non-hydrogen) atoms. The van der Waals surface area contributed by atoms with Crippen molar-refractivity contribution in [2.75, 3.05) is 5.73 Å². The van der Waals surface area contributed by atoms with E-state index in [1.807, 2.05) is 30.3 Å². The van der Waals surface area contributed by atoms with Crippen LogP contribution in [0.25, 0.3) is 11.0 Å². The Kier molecular flexibility index (Phi) is 2.83. The number of nitrogens with one attached hydrogen (secondary N) is 1. The van der Waals surface area contributed by atoms with Crippen molar-refractivity contribution < 1.29 is 0 Å². The normalized spacial score (nSPS) is 10.8. The standard InChI is InChI=1S/C14H12N4O2/c15-10-6-7-16-12-11(10)13(19)17-14(20)18(12)8-9-4-2-1-3-5-9/h1-7H,8H2,(H2,15,16)(H,17,19,20). The van der Waals surface area contributed by atoms with Crippen LogP contribution >= 0.6 is 0 Å². The number of hydrogen-bond acceptors (Lipinski definition) is 4. The zero-order valence-electron chi connectivity index (χ0n) is 10.5. The smallest absolute Gasteiger partial charge is 0.330 e. The van der Waals surface area contributed by atoms with Crippen LogP contribution in [0.5, 0.6) is 0 Å². The largest absolute Gasteiger partial charge is 0.398 e. The van der Waals surface area contributed by atoms with Crippen molar-refractivity contribution in [2.24, 2.45) is 0 Å². The summed E-state index contributed by atoms with van der Waals surface area (Å²) in [5.74, 6) is 0. The molecule has 0 aliphatic carbocycles. The Morgan fingerprint density at radius 2 is 1.90 bits per heavy atom. The van der Waals surface area contributed by atoms with Crippen molar-refractivity contribution >= 4 is 16.7 Å². The van der Waals surface area contributed by atoms with Crippen molar-refractivity contribution in [3.8, 4) is 0 Å². The molecule has 0 atom stereocenters. The summed E-state index contributed by atoms with van der Waals surface area (Å²) in [4.78, 5) is 30.2. The highest BCUT2D eigenvalue weighted by atomic mass is 16.2. The Balaban J connectivity index is 2.28. The molecule has 0 spiro atoms. The van der Waals surface area contributed by atoms with E-state index in [0.717, 1.165) is 5.56 Å². The van der Waals surface area contributed by atoms with E-state index in [1.165, 1.54) is 16.8 Å². The number of aromatic amines is 1. The molecule has 6 heteroatoms. The molecule has 0 amide bonds. The second kappa shape index (κ2) is 4.65. The van der Waals surface area contributed by atoms with E-state index in [4.69, 9.17) is 5.73 Å². The third-order valence-electron chi connectivity index (χ3n) is 3.10. The number of rotatable bonds is 2. The molecule has 0 saturated carbocycles. The first-order chi connectivity index (χ1) is 9.66. The summed E-state index contributed by atoms with van der Waals surface area (Å²) in [6, 6.07) is 11.0. The molecule has 0 unspecified atom stereocenters. The monoisotopic (exact) mass is 268 g/mol. The van der Waals surface area contributed by atoms with E-state index in [2.05, 4.69) is 9.97 Å². The van der Waals surface area contributed by atoms with E-state index in [9.17, 15) is 9.59 Å². The first-order valence-corrected chi connectivity index (χ1v) is 6.08. The zero-order valence-corrected chi connectivity index (χ0v) is 10.5. The van der Waals surface area contributed by atoms with Gasteiger partial charge in [-0.05, 0) is 11.6 Å². The lowest BCUT2D eigenvalue weighted by molar-refractivity contribution is 0.746. The fourth-order valence-electron chi connectivity index (χ4n) is 2.14. The van der Waals surface area contributed by atoms with Crippen molar-refractivity contribution in [3.05, 3.63) is 69.0 Å². The lowest BCUT2D eigenvalue weighted by atomic mass is 10.2. The van der Waals surface area contributed by atoms with Gasteiger partial charge in [0.05, 0.1) is 6.54 Å². The molecular formula is C14H12N4O2. The van der Waals surface area contributed by atoms with E-state index in [-0.39, 0.29) is 5.39 Å². The van der Waals surface area contributed by atoms with Gasteiger partial charge in [-0.2, -0.15) is 0 Å². The number of nitrogens with zero attached hydrogens (tertiary/aromatic N) is 2. The zero-order chi connectivity index (χ0) is 14.1. The number of pyridine rings is 1. The fraction of sp³-hybridized carbons (Fsp3) is 0.0714. The Morgan fingerprint density at radius 3 is 2.65 bits per heavy atom. The second-order valence-corrected chi connectivity index (χ2v) is 4.43. The van der Waals surface area contributed by atoms with E-state index < -0.39 is 11.2 Å². The average molecular weight is 268 g/mol. The molecule has 100 valence electrons. The molecule has 2 heterocycles. The maximum Gasteiger partial charge on any atom is 0.330 e. The van der Waals surface area contributed by atoms with Crippen LogP contribution in [-0.4, -0.2) is 14.5 Å². The molecule has 3 rings (SSSR count). The van der Waals surface area contributed by atoms with Crippen LogP contribution in [0.15, 0.2) is 52.2 Å². The van der Waals surface area contributed by atoms with Crippen LogP contribution in [0, 0.1) is 0 Å². The predicted octanol–water partition coefficient (Wildman–Crippen LogP) is 0.715. The molecule has 0 bridgehead atoms. The number of anilines is 1. The number of nitrogens with two attached hydrogens (primary N) is 1. The number of hydrogen-bond donors (Lipinski definition) is 2. The van der Waals surface area contributed by atoms with Gasteiger partial charge >= 0.3 is 5.69 Å². The fourth-order valence-corrected chi connectivity index (χ4v) is 2.14. The highest BCUT2D eigenvalue weighted by molar-refractivity contribution is 5.86. The maximum atomic E-state index is 12.0. The topological polar surface area (TPSA) is 93.8 Å². The minimum atomic E-state index is -0.514. The van der Waals surface area contributed by atoms with Crippen molar-refractivity contribution in [1.82, 2.24) is 14.5 Å². The van der Waals surface area contributed by atoms with Crippen LogP contribution in [0.2, 0.25) is 0 Å². The minimum Gasteiger partial charge on any atom is -0.398 e. The van der Waals surface area contributed by atoms with Gasteiger partial charge in [-0.15, -0.1) is 0 Å². The molecule has 1 aromatic carbocycles. The molecule has 3 aromatic rings.